The zero-order chi connectivity index (χ0) is 16.8. The molecule has 1 amide bonds. The van der Waals surface area contributed by atoms with Crippen LogP contribution in [-0.4, -0.2) is 48.6 Å². The summed E-state index contributed by atoms with van der Waals surface area (Å²) in [7, 11) is 0. The number of amides is 1. The number of ether oxygens (including phenoxy) is 1. The first-order valence-corrected chi connectivity index (χ1v) is 9.29. The molecule has 0 spiro atoms. The van der Waals surface area contributed by atoms with Gasteiger partial charge >= 0.3 is 0 Å². The number of rotatable bonds is 6. The van der Waals surface area contributed by atoms with E-state index in [4.69, 9.17) is 4.74 Å². The van der Waals surface area contributed by atoms with E-state index < -0.39 is 0 Å². The zero-order valence-corrected chi connectivity index (χ0v) is 14.8. The monoisotopic (exact) mass is 345 g/mol. The fraction of sp³-hybridized carbons (Fsp3) is 0.444. The number of hydrogen-bond acceptors (Lipinski definition) is 5. The molecule has 3 rings (SSSR count). The molecule has 1 aliphatic heterocycles. The van der Waals surface area contributed by atoms with E-state index in [1.54, 1.807) is 11.3 Å². The number of carbonyl (C=O) groups excluding carboxylic acids is 1. The van der Waals surface area contributed by atoms with E-state index in [9.17, 15) is 4.79 Å². The number of anilines is 1. The molecule has 24 heavy (non-hydrogen) atoms. The van der Waals surface area contributed by atoms with Gasteiger partial charge in [-0.25, -0.2) is 4.98 Å². The lowest BCUT2D eigenvalue weighted by molar-refractivity contribution is -0.131. The number of piperazine rings is 1. The summed E-state index contributed by atoms with van der Waals surface area (Å²) in [6.45, 7) is 5.87. The predicted octanol–water partition coefficient (Wildman–Crippen LogP) is 2.82. The predicted molar refractivity (Wildman–Crippen MR) is 96.8 cm³/mol. The molecule has 128 valence electrons. The van der Waals surface area contributed by atoms with E-state index in [-0.39, 0.29) is 5.91 Å². The Morgan fingerprint density at radius 1 is 1.25 bits per heavy atom. The van der Waals surface area contributed by atoms with E-state index in [1.807, 2.05) is 47.7 Å². The van der Waals surface area contributed by atoms with Crippen molar-refractivity contribution < 1.29 is 9.53 Å². The van der Waals surface area contributed by atoms with Crippen LogP contribution in [0.1, 0.15) is 18.9 Å². The molecule has 0 atom stereocenters. The number of thiazole rings is 1. The number of benzene rings is 1. The van der Waals surface area contributed by atoms with Gasteiger partial charge in [0.05, 0.1) is 6.61 Å². The molecular formula is C18H23N3O2S. The smallest absolute Gasteiger partial charge is 0.223 e. The van der Waals surface area contributed by atoms with Crippen molar-refractivity contribution in [3.63, 3.8) is 0 Å². The molecule has 1 aromatic heterocycles. The average molecular weight is 345 g/mol. The Labute approximate surface area is 146 Å². The molecule has 6 heteroatoms. The topological polar surface area (TPSA) is 45.7 Å². The zero-order valence-electron chi connectivity index (χ0n) is 14.0. The van der Waals surface area contributed by atoms with Gasteiger partial charge in [-0.3, -0.25) is 4.79 Å². The Balaban J connectivity index is 1.50. The summed E-state index contributed by atoms with van der Waals surface area (Å²) in [5, 5.41) is 3.04. The molecule has 2 heterocycles. The highest BCUT2D eigenvalue weighted by Gasteiger charge is 2.22. The van der Waals surface area contributed by atoms with Crippen LogP contribution in [0.3, 0.4) is 0 Å². The first kappa shape index (κ1) is 16.8. The molecule has 0 bridgehead atoms. The van der Waals surface area contributed by atoms with Gasteiger partial charge in [0.1, 0.15) is 5.75 Å². The Hall–Kier alpha value is -2.08. The highest BCUT2D eigenvalue weighted by Crippen LogP contribution is 2.21. The molecule has 0 saturated carbocycles. The van der Waals surface area contributed by atoms with Gasteiger partial charge in [0.15, 0.2) is 5.13 Å². The third-order valence-corrected chi connectivity index (χ3v) is 5.04. The Morgan fingerprint density at radius 3 is 2.75 bits per heavy atom. The van der Waals surface area contributed by atoms with Crippen LogP contribution in [0, 0.1) is 0 Å². The number of nitrogens with zero attached hydrogens (tertiary/aromatic N) is 3. The lowest BCUT2D eigenvalue weighted by Gasteiger charge is -2.34. The van der Waals surface area contributed by atoms with Crippen molar-refractivity contribution in [3.05, 3.63) is 41.4 Å². The maximum Gasteiger partial charge on any atom is 0.223 e. The molecule has 0 N–H and O–H groups in total. The maximum atomic E-state index is 12.5. The minimum atomic E-state index is 0.222. The van der Waals surface area contributed by atoms with Crippen molar-refractivity contribution in [1.82, 2.24) is 9.88 Å². The molecule has 0 unspecified atom stereocenters. The summed E-state index contributed by atoms with van der Waals surface area (Å²) in [4.78, 5) is 21.0. The SMILES string of the molecule is CCOc1ccccc1CCC(=O)N1CCN(c2nccs2)CC1. The summed E-state index contributed by atoms with van der Waals surface area (Å²) in [6.07, 6.45) is 3.08. The van der Waals surface area contributed by atoms with Gasteiger partial charge in [-0.05, 0) is 25.0 Å². The standard InChI is InChI=1S/C18H23N3O2S/c1-2-23-16-6-4-3-5-15(16)7-8-17(22)20-10-12-21(13-11-20)18-19-9-14-24-18/h3-6,9,14H,2,7-8,10-13H2,1H3. The molecule has 1 aromatic carbocycles. The van der Waals surface area contributed by atoms with Gasteiger partial charge in [-0.1, -0.05) is 18.2 Å². The second kappa shape index (κ2) is 8.15. The second-order valence-electron chi connectivity index (χ2n) is 5.72. The molecular weight excluding hydrogens is 322 g/mol. The van der Waals surface area contributed by atoms with E-state index in [0.29, 0.717) is 13.0 Å². The third-order valence-electron chi connectivity index (χ3n) is 4.20. The number of hydrogen-bond donors (Lipinski definition) is 0. The van der Waals surface area contributed by atoms with E-state index in [1.165, 1.54) is 0 Å². The van der Waals surface area contributed by atoms with E-state index >= 15 is 0 Å². The average Bonchev–Trinajstić information content (AvgIpc) is 3.16. The van der Waals surface area contributed by atoms with Crippen molar-refractivity contribution in [2.45, 2.75) is 19.8 Å². The molecule has 1 saturated heterocycles. The Morgan fingerprint density at radius 2 is 2.04 bits per heavy atom. The molecule has 1 fully saturated rings. The van der Waals surface area contributed by atoms with Crippen LogP contribution in [0.15, 0.2) is 35.8 Å². The number of para-hydroxylation sites is 1. The first-order valence-electron chi connectivity index (χ1n) is 8.41. The van der Waals surface area contributed by atoms with Crippen LogP contribution in [0.4, 0.5) is 5.13 Å². The van der Waals surface area contributed by atoms with Crippen molar-refractivity contribution in [2.75, 3.05) is 37.7 Å². The van der Waals surface area contributed by atoms with Crippen LogP contribution >= 0.6 is 11.3 Å². The van der Waals surface area contributed by atoms with Gasteiger partial charge in [0, 0.05) is 44.2 Å². The van der Waals surface area contributed by atoms with E-state index in [2.05, 4.69) is 9.88 Å². The van der Waals surface area contributed by atoms with Crippen LogP contribution < -0.4 is 9.64 Å². The number of aryl methyl sites for hydroxylation is 1. The van der Waals surface area contributed by atoms with Gasteiger partial charge in [0.2, 0.25) is 5.91 Å². The van der Waals surface area contributed by atoms with Crippen molar-refractivity contribution in [1.29, 1.82) is 0 Å². The largest absolute Gasteiger partial charge is 0.494 e. The Bertz CT molecular complexity index is 652. The molecule has 0 radical (unpaired) electrons. The summed E-state index contributed by atoms with van der Waals surface area (Å²) in [6, 6.07) is 7.97. The fourth-order valence-electron chi connectivity index (χ4n) is 2.93. The van der Waals surface area contributed by atoms with E-state index in [0.717, 1.165) is 49.0 Å². The van der Waals surface area contributed by atoms with Crippen LogP contribution in [0.25, 0.3) is 0 Å². The first-order chi connectivity index (χ1) is 11.8. The summed E-state index contributed by atoms with van der Waals surface area (Å²) >= 11 is 1.65. The lowest BCUT2D eigenvalue weighted by atomic mass is 10.1. The highest BCUT2D eigenvalue weighted by atomic mass is 32.1. The molecule has 5 nitrogen and oxygen atoms in total. The molecule has 2 aromatic rings. The second-order valence-corrected chi connectivity index (χ2v) is 6.60. The van der Waals surface area contributed by atoms with Crippen molar-refractivity contribution in [3.8, 4) is 5.75 Å². The minimum absolute atomic E-state index is 0.222. The van der Waals surface area contributed by atoms with Gasteiger partial charge < -0.3 is 14.5 Å². The fourth-order valence-corrected chi connectivity index (χ4v) is 3.62. The van der Waals surface area contributed by atoms with Gasteiger partial charge in [-0.2, -0.15) is 0 Å². The van der Waals surface area contributed by atoms with Crippen LogP contribution in [-0.2, 0) is 11.2 Å². The lowest BCUT2D eigenvalue weighted by Crippen LogP contribution is -2.48. The van der Waals surface area contributed by atoms with Crippen molar-refractivity contribution >= 4 is 22.4 Å². The maximum absolute atomic E-state index is 12.5. The molecule has 1 aliphatic rings. The normalized spacial score (nSPS) is 14.7. The summed E-state index contributed by atoms with van der Waals surface area (Å²) in [5.74, 6) is 1.11. The van der Waals surface area contributed by atoms with Gasteiger partial charge in [0.25, 0.3) is 0 Å². The minimum Gasteiger partial charge on any atom is -0.494 e. The quantitative estimate of drug-likeness (QED) is 0.808. The number of aromatic nitrogens is 1. The van der Waals surface area contributed by atoms with Gasteiger partial charge in [-0.15, -0.1) is 11.3 Å². The summed E-state index contributed by atoms with van der Waals surface area (Å²) in [5.41, 5.74) is 1.11. The molecule has 0 aliphatic carbocycles. The third kappa shape index (κ3) is 4.06. The van der Waals surface area contributed by atoms with Crippen molar-refractivity contribution in [2.24, 2.45) is 0 Å². The number of carbonyl (C=O) groups is 1. The van der Waals surface area contributed by atoms with Crippen LogP contribution in [0.5, 0.6) is 5.75 Å². The summed E-state index contributed by atoms with van der Waals surface area (Å²) < 4.78 is 5.63. The highest BCUT2D eigenvalue weighted by molar-refractivity contribution is 7.13. The van der Waals surface area contributed by atoms with Crippen LogP contribution in [0.2, 0.25) is 0 Å². The Kier molecular flexibility index (Phi) is 5.69.